The Kier molecular flexibility index (Phi) is 4.33. The summed E-state index contributed by atoms with van der Waals surface area (Å²) in [5.74, 6) is 0. The summed E-state index contributed by atoms with van der Waals surface area (Å²) >= 11 is 15.6. The van der Waals surface area contributed by atoms with E-state index in [1.165, 1.54) is 5.56 Å². The minimum Gasteiger partial charge on any atom is -0.320 e. The molecule has 0 aliphatic carbocycles. The molecule has 0 bridgehead atoms. The quantitative estimate of drug-likeness (QED) is 0.804. The van der Waals surface area contributed by atoms with Gasteiger partial charge in [-0.05, 0) is 47.9 Å². The van der Waals surface area contributed by atoms with Crippen LogP contribution >= 0.6 is 39.1 Å². The fourth-order valence-corrected chi connectivity index (χ4v) is 2.55. The van der Waals surface area contributed by atoms with E-state index in [-0.39, 0.29) is 6.04 Å². The molecule has 4 heteroatoms. The van der Waals surface area contributed by atoms with Crippen LogP contribution in [0.25, 0.3) is 0 Å². The van der Waals surface area contributed by atoms with E-state index in [1.807, 2.05) is 31.2 Å². The molecule has 0 radical (unpaired) electrons. The van der Waals surface area contributed by atoms with Gasteiger partial charge in [0.05, 0.1) is 6.04 Å². The molecule has 94 valence electrons. The number of nitrogens with two attached hydrogens (primary N) is 1. The largest absolute Gasteiger partial charge is 0.320 e. The number of hydrogen-bond donors (Lipinski definition) is 1. The molecule has 2 aromatic rings. The number of benzene rings is 2. The average molecular weight is 345 g/mol. The lowest BCUT2D eigenvalue weighted by atomic mass is 9.99. The molecule has 18 heavy (non-hydrogen) atoms. The monoisotopic (exact) mass is 343 g/mol. The third-order valence-corrected chi connectivity index (χ3v) is 4.28. The maximum Gasteiger partial charge on any atom is 0.0567 e. The molecule has 0 fully saturated rings. The molecule has 0 heterocycles. The molecule has 0 saturated carbocycles. The predicted octanol–water partition coefficient (Wildman–Crippen LogP) is 5.11. The standard InChI is InChI=1S/C14H12BrCl2N/c1-8-2-3-9(6-12(8)15)14(18)11-7-10(16)4-5-13(11)17/h2-7,14H,18H2,1H3. The maximum absolute atomic E-state index is 6.24. The maximum atomic E-state index is 6.24. The van der Waals surface area contributed by atoms with Gasteiger partial charge in [-0.15, -0.1) is 0 Å². The lowest BCUT2D eigenvalue weighted by Crippen LogP contribution is -2.12. The molecule has 2 aromatic carbocycles. The first-order chi connectivity index (χ1) is 8.49. The van der Waals surface area contributed by atoms with Crippen LogP contribution in [0.2, 0.25) is 10.0 Å². The molecular formula is C14H12BrCl2N. The first kappa shape index (κ1) is 13.9. The highest BCUT2D eigenvalue weighted by atomic mass is 79.9. The Labute approximate surface area is 125 Å². The molecule has 0 aliphatic heterocycles. The predicted molar refractivity (Wildman–Crippen MR) is 81.4 cm³/mol. The minimum absolute atomic E-state index is 0.284. The fourth-order valence-electron chi connectivity index (χ4n) is 1.74. The molecular weight excluding hydrogens is 333 g/mol. The normalized spacial score (nSPS) is 12.5. The van der Waals surface area contributed by atoms with Crippen LogP contribution in [0.15, 0.2) is 40.9 Å². The lowest BCUT2D eigenvalue weighted by molar-refractivity contribution is 0.870. The Hall–Kier alpha value is -0.540. The summed E-state index contributed by atoms with van der Waals surface area (Å²) in [5.41, 5.74) is 9.24. The van der Waals surface area contributed by atoms with Crippen molar-refractivity contribution >= 4 is 39.1 Å². The summed E-state index contributed by atoms with van der Waals surface area (Å²) in [6, 6.07) is 11.1. The first-order valence-electron chi connectivity index (χ1n) is 5.45. The van der Waals surface area contributed by atoms with Gasteiger partial charge in [-0.3, -0.25) is 0 Å². The Balaban J connectivity index is 2.44. The van der Waals surface area contributed by atoms with Crippen LogP contribution in [0.1, 0.15) is 22.7 Å². The van der Waals surface area contributed by atoms with E-state index in [2.05, 4.69) is 15.9 Å². The second-order valence-electron chi connectivity index (χ2n) is 4.15. The van der Waals surface area contributed by atoms with Crippen molar-refractivity contribution in [3.05, 3.63) is 67.6 Å². The van der Waals surface area contributed by atoms with Crippen molar-refractivity contribution in [3.8, 4) is 0 Å². The van der Waals surface area contributed by atoms with Crippen LogP contribution in [-0.2, 0) is 0 Å². The zero-order valence-electron chi connectivity index (χ0n) is 9.75. The minimum atomic E-state index is -0.284. The van der Waals surface area contributed by atoms with Gasteiger partial charge in [0.1, 0.15) is 0 Å². The third kappa shape index (κ3) is 2.89. The van der Waals surface area contributed by atoms with Gasteiger partial charge in [-0.2, -0.15) is 0 Å². The van der Waals surface area contributed by atoms with Crippen LogP contribution in [0, 0.1) is 6.92 Å². The Morgan fingerprint density at radius 2 is 1.83 bits per heavy atom. The lowest BCUT2D eigenvalue weighted by Gasteiger charge is -2.15. The zero-order valence-corrected chi connectivity index (χ0v) is 12.9. The van der Waals surface area contributed by atoms with Gasteiger partial charge in [-0.25, -0.2) is 0 Å². The van der Waals surface area contributed by atoms with Crippen LogP contribution in [-0.4, -0.2) is 0 Å². The Morgan fingerprint density at radius 3 is 2.50 bits per heavy atom. The molecule has 0 saturated heterocycles. The molecule has 0 spiro atoms. The van der Waals surface area contributed by atoms with Gasteiger partial charge in [0, 0.05) is 14.5 Å². The summed E-state index contributed by atoms with van der Waals surface area (Å²) in [7, 11) is 0. The summed E-state index contributed by atoms with van der Waals surface area (Å²) in [6.45, 7) is 2.03. The van der Waals surface area contributed by atoms with Crippen LogP contribution < -0.4 is 5.73 Å². The molecule has 2 rings (SSSR count). The van der Waals surface area contributed by atoms with Crippen LogP contribution in [0.3, 0.4) is 0 Å². The molecule has 0 aliphatic rings. The van der Waals surface area contributed by atoms with Gasteiger partial charge in [0.2, 0.25) is 0 Å². The highest BCUT2D eigenvalue weighted by molar-refractivity contribution is 9.10. The second kappa shape index (κ2) is 5.62. The van der Waals surface area contributed by atoms with Crippen molar-refractivity contribution in [2.45, 2.75) is 13.0 Å². The van der Waals surface area contributed by atoms with E-state index in [1.54, 1.807) is 12.1 Å². The highest BCUT2D eigenvalue weighted by Crippen LogP contribution is 2.30. The summed E-state index contributed by atoms with van der Waals surface area (Å²) in [4.78, 5) is 0. The molecule has 1 atom stereocenters. The topological polar surface area (TPSA) is 26.0 Å². The molecule has 1 unspecified atom stereocenters. The smallest absolute Gasteiger partial charge is 0.0567 e. The van der Waals surface area contributed by atoms with E-state index in [9.17, 15) is 0 Å². The Bertz CT molecular complexity index is 584. The highest BCUT2D eigenvalue weighted by Gasteiger charge is 2.13. The second-order valence-corrected chi connectivity index (χ2v) is 5.85. The SMILES string of the molecule is Cc1ccc(C(N)c2cc(Cl)ccc2Cl)cc1Br. The first-order valence-corrected chi connectivity index (χ1v) is 7.00. The molecule has 1 nitrogen and oxygen atoms in total. The number of rotatable bonds is 2. The van der Waals surface area contributed by atoms with Crippen molar-refractivity contribution in [1.29, 1.82) is 0 Å². The number of aryl methyl sites for hydroxylation is 1. The van der Waals surface area contributed by atoms with E-state index in [0.717, 1.165) is 15.6 Å². The van der Waals surface area contributed by atoms with Gasteiger partial charge >= 0.3 is 0 Å². The van der Waals surface area contributed by atoms with E-state index < -0.39 is 0 Å². The van der Waals surface area contributed by atoms with Gasteiger partial charge in [-0.1, -0.05) is 51.3 Å². The van der Waals surface area contributed by atoms with E-state index in [0.29, 0.717) is 10.0 Å². The van der Waals surface area contributed by atoms with Gasteiger partial charge in [0.15, 0.2) is 0 Å². The Morgan fingerprint density at radius 1 is 1.11 bits per heavy atom. The van der Waals surface area contributed by atoms with Crippen molar-refractivity contribution in [2.24, 2.45) is 5.73 Å². The van der Waals surface area contributed by atoms with E-state index >= 15 is 0 Å². The molecule has 0 aromatic heterocycles. The number of hydrogen-bond acceptors (Lipinski definition) is 1. The summed E-state index contributed by atoms with van der Waals surface area (Å²) < 4.78 is 1.04. The van der Waals surface area contributed by atoms with Crippen molar-refractivity contribution in [2.75, 3.05) is 0 Å². The van der Waals surface area contributed by atoms with Crippen molar-refractivity contribution < 1.29 is 0 Å². The summed E-state index contributed by atoms with van der Waals surface area (Å²) in [6.07, 6.45) is 0. The zero-order chi connectivity index (χ0) is 13.3. The number of halogens is 3. The fraction of sp³-hybridized carbons (Fsp3) is 0.143. The third-order valence-electron chi connectivity index (χ3n) is 2.85. The van der Waals surface area contributed by atoms with Gasteiger partial charge in [0.25, 0.3) is 0 Å². The summed E-state index contributed by atoms with van der Waals surface area (Å²) in [5, 5.41) is 1.26. The van der Waals surface area contributed by atoms with Crippen molar-refractivity contribution in [1.82, 2.24) is 0 Å². The molecule has 2 N–H and O–H groups in total. The molecule has 0 amide bonds. The van der Waals surface area contributed by atoms with Crippen LogP contribution in [0.4, 0.5) is 0 Å². The average Bonchev–Trinajstić information content (AvgIpc) is 2.35. The van der Waals surface area contributed by atoms with Crippen molar-refractivity contribution in [3.63, 3.8) is 0 Å². The van der Waals surface area contributed by atoms with Gasteiger partial charge < -0.3 is 5.73 Å². The van der Waals surface area contributed by atoms with E-state index in [4.69, 9.17) is 28.9 Å². The van der Waals surface area contributed by atoms with Crippen LogP contribution in [0.5, 0.6) is 0 Å².